The highest BCUT2D eigenvalue weighted by Crippen LogP contribution is 2.28. The molecule has 4 rings (SSSR count). The van der Waals surface area contributed by atoms with Crippen LogP contribution in [0.25, 0.3) is 11.0 Å². The van der Waals surface area contributed by atoms with Crippen molar-refractivity contribution in [3.05, 3.63) is 53.6 Å². The van der Waals surface area contributed by atoms with Crippen LogP contribution in [-0.4, -0.2) is 38.8 Å². The van der Waals surface area contributed by atoms with Crippen LogP contribution < -0.4 is 0 Å². The highest BCUT2D eigenvalue weighted by molar-refractivity contribution is 5.92. The Bertz CT molecular complexity index is 834. The van der Waals surface area contributed by atoms with Gasteiger partial charge in [-0.15, -0.1) is 0 Å². The number of nitrogens with zero attached hydrogens (tertiary/aromatic N) is 2. The Balaban J connectivity index is 1.59. The second-order valence-corrected chi connectivity index (χ2v) is 6.27. The van der Waals surface area contributed by atoms with Gasteiger partial charge >= 0.3 is 0 Å². The molecular formula is C18H20N4O. The molecule has 0 spiro atoms. The van der Waals surface area contributed by atoms with E-state index in [-0.39, 0.29) is 11.8 Å². The number of carbonyl (C=O) groups is 1. The maximum absolute atomic E-state index is 12.5. The molecule has 3 heterocycles. The van der Waals surface area contributed by atoms with Crippen molar-refractivity contribution in [2.45, 2.75) is 25.7 Å². The van der Waals surface area contributed by atoms with Crippen LogP contribution in [0.3, 0.4) is 0 Å². The van der Waals surface area contributed by atoms with Gasteiger partial charge < -0.3 is 14.9 Å². The minimum absolute atomic E-state index is 0.0759. The van der Waals surface area contributed by atoms with Gasteiger partial charge in [0.05, 0.1) is 11.0 Å². The summed E-state index contributed by atoms with van der Waals surface area (Å²) in [6.45, 7) is 3.61. The topological polar surface area (TPSA) is 64.8 Å². The third-order valence-corrected chi connectivity index (χ3v) is 4.66. The molecule has 5 nitrogen and oxygen atoms in total. The third kappa shape index (κ3) is 2.52. The van der Waals surface area contributed by atoms with Crippen molar-refractivity contribution in [1.29, 1.82) is 0 Å². The summed E-state index contributed by atoms with van der Waals surface area (Å²) in [6.07, 6.45) is 3.86. The number of amides is 1. The van der Waals surface area contributed by atoms with E-state index in [1.165, 1.54) is 5.56 Å². The number of fused-ring (bicyclic) bond motifs is 1. The number of benzene rings is 1. The molecule has 0 radical (unpaired) electrons. The summed E-state index contributed by atoms with van der Waals surface area (Å²) in [7, 11) is 0. The number of piperidine rings is 1. The van der Waals surface area contributed by atoms with Gasteiger partial charge in [-0.3, -0.25) is 4.79 Å². The first-order valence-corrected chi connectivity index (χ1v) is 8.10. The molecule has 23 heavy (non-hydrogen) atoms. The lowest BCUT2D eigenvalue weighted by molar-refractivity contribution is 0.0699. The SMILES string of the molecule is Cc1cccc2[nH]c([C@@H]3CCCN(C(=O)c4ccc[nH]4)C3)nc12. The Hall–Kier alpha value is -2.56. The largest absolute Gasteiger partial charge is 0.357 e. The van der Waals surface area contributed by atoms with Gasteiger partial charge in [0.2, 0.25) is 0 Å². The number of aryl methyl sites for hydroxylation is 1. The molecule has 3 aromatic rings. The van der Waals surface area contributed by atoms with Gasteiger partial charge in [-0.25, -0.2) is 4.98 Å². The Morgan fingerprint density at radius 3 is 3.00 bits per heavy atom. The second-order valence-electron chi connectivity index (χ2n) is 6.27. The van der Waals surface area contributed by atoms with Gasteiger partial charge in [0.15, 0.2) is 0 Å². The predicted octanol–water partition coefficient (Wildman–Crippen LogP) is 3.22. The van der Waals surface area contributed by atoms with Crippen molar-refractivity contribution in [3.63, 3.8) is 0 Å². The summed E-state index contributed by atoms with van der Waals surface area (Å²) in [4.78, 5) is 25.7. The van der Waals surface area contributed by atoms with Gasteiger partial charge in [-0.2, -0.15) is 0 Å². The standard InChI is InChI=1S/C18H20N4O/c1-12-5-2-7-14-16(12)21-17(20-14)13-6-4-10-22(11-13)18(23)15-8-3-9-19-15/h2-3,5,7-9,13,19H,4,6,10-11H2,1H3,(H,20,21)/t13-/m1/s1. The summed E-state index contributed by atoms with van der Waals surface area (Å²) in [5, 5.41) is 0. The van der Waals surface area contributed by atoms with E-state index in [0.717, 1.165) is 42.8 Å². The van der Waals surface area contributed by atoms with Gasteiger partial charge in [0.1, 0.15) is 11.5 Å². The van der Waals surface area contributed by atoms with Crippen LogP contribution in [0.15, 0.2) is 36.5 Å². The summed E-state index contributed by atoms with van der Waals surface area (Å²) in [5.74, 6) is 1.35. The van der Waals surface area contributed by atoms with Crippen LogP contribution in [0, 0.1) is 6.92 Å². The Morgan fingerprint density at radius 1 is 1.30 bits per heavy atom. The molecular weight excluding hydrogens is 288 g/mol. The summed E-state index contributed by atoms with van der Waals surface area (Å²) >= 11 is 0. The maximum Gasteiger partial charge on any atom is 0.270 e. The van der Waals surface area contributed by atoms with Crippen molar-refractivity contribution < 1.29 is 4.79 Å². The number of likely N-dealkylation sites (tertiary alicyclic amines) is 1. The van der Waals surface area contributed by atoms with Crippen LogP contribution in [0.1, 0.15) is 40.6 Å². The molecule has 2 N–H and O–H groups in total. The van der Waals surface area contributed by atoms with Crippen LogP contribution in [0.2, 0.25) is 0 Å². The first kappa shape index (κ1) is 14.1. The average Bonchev–Trinajstić information content (AvgIpc) is 3.24. The van der Waals surface area contributed by atoms with Crippen molar-refractivity contribution in [1.82, 2.24) is 19.9 Å². The van der Waals surface area contributed by atoms with E-state index < -0.39 is 0 Å². The van der Waals surface area contributed by atoms with Crippen LogP contribution in [0.5, 0.6) is 0 Å². The lowest BCUT2D eigenvalue weighted by atomic mass is 9.97. The molecule has 0 saturated carbocycles. The molecule has 1 fully saturated rings. The molecule has 118 valence electrons. The van der Waals surface area contributed by atoms with Gasteiger partial charge in [-0.05, 0) is 43.5 Å². The number of carbonyl (C=O) groups excluding carboxylic acids is 1. The molecule has 0 aliphatic carbocycles. The van der Waals surface area contributed by atoms with Crippen LogP contribution >= 0.6 is 0 Å². The van der Waals surface area contributed by atoms with E-state index in [0.29, 0.717) is 5.69 Å². The fraction of sp³-hybridized carbons (Fsp3) is 0.333. The summed E-state index contributed by atoms with van der Waals surface area (Å²) in [6, 6.07) is 9.87. The number of aromatic nitrogens is 3. The molecule has 5 heteroatoms. The van der Waals surface area contributed by atoms with Crippen LogP contribution in [0.4, 0.5) is 0 Å². The lowest BCUT2D eigenvalue weighted by Gasteiger charge is -2.31. The zero-order chi connectivity index (χ0) is 15.8. The summed E-state index contributed by atoms with van der Waals surface area (Å²) < 4.78 is 0. The fourth-order valence-electron chi connectivity index (χ4n) is 3.41. The Kier molecular flexibility index (Phi) is 3.41. The zero-order valence-corrected chi connectivity index (χ0v) is 13.2. The quantitative estimate of drug-likeness (QED) is 0.763. The number of rotatable bonds is 2. The van der Waals surface area contributed by atoms with E-state index >= 15 is 0 Å². The smallest absolute Gasteiger partial charge is 0.270 e. The number of hydrogen-bond donors (Lipinski definition) is 2. The van der Waals surface area contributed by atoms with Crippen LogP contribution in [-0.2, 0) is 0 Å². The average molecular weight is 308 g/mol. The molecule has 1 aliphatic rings. The predicted molar refractivity (Wildman–Crippen MR) is 89.5 cm³/mol. The number of imidazole rings is 1. The van der Waals surface area contributed by atoms with Gasteiger partial charge in [0.25, 0.3) is 5.91 Å². The maximum atomic E-state index is 12.5. The Labute approximate surface area is 134 Å². The second kappa shape index (κ2) is 5.57. The normalized spacial score (nSPS) is 18.5. The first-order chi connectivity index (χ1) is 11.2. The number of H-pyrrole nitrogens is 2. The molecule has 1 amide bonds. The zero-order valence-electron chi connectivity index (χ0n) is 13.2. The number of nitrogens with one attached hydrogen (secondary N) is 2. The van der Waals surface area contributed by atoms with E-state index in [1.807, 2.05) is 23.1 Å². The van der Waals surface area contributed by atoms with E-state index in [9.17, 15) is 4.79 Å². The third-order valence-electron chi connectivity index (χ3n) is 4.66. The van der Waals surface area contributed by atoms with Crippen molar-refractivity contribution in [2.24, 2.45) is 0 Å². The minimum Gasteiger partial charge on any atom is -0.357 e. The van der Waals surface area contributed by atoms with E-state index in [4.69, 9.17) is 4.98 Å². The fourth-order valence-corrected chi connectivity index (χ4v) is 3.41. The Morgan fingerprint density at radius 2 is 2.22 bits per heavy atom. The highest BCUT2D eigenvalue weighted by Gasteiger charge is 2.27. The van der Waals surface area contributed by atoms with Crippen molar-refractivity contribution in [3.8, 4) is 0 Å². The minimum atomic E-state index is 0.0759. The van der Waals surface area contributed by atoms with E-state index in [1.54, 1.807) is 6.20 Å². The monoisotopic (exact) mass is 308 g/mol. The molecule has 2 aromatic heterocycles. The molecule has 1 aromatic carbocycles. The molecule has 1 aliphatic heterocycles. The molecule has 1 atom stereocenters. The van der Waals surface area contributed by atoms with Gasteiger partial charge in [0, 0.05) is 25.2 Å². The number of para-hydroxylation sites is 1. The highest BCUT2D eigenvalue weighted by atomic mass is 16.2. The summed E-state index contributed by atoms with van der Waals surface area (Å²) in [5.41, 5.74) is 3.95. The first-order valence-electron chi connectivity index (χ1n) is 8.10. The lowest BCUT2D eigenvalue weighted by Crippen LogP contribution is -2.39. The van der Waals surface area contributed by atoms with E-state index in [2.05, 4.69) is 29.0 Å². The van der Waals surface area contributed by atoms with Gasteiger partial charge in [-0.1, -0.05) is 12.1 Å². The van der Waals surface area contributed by atoms with Crippen molar-refractivity contribution >= 4 is 16.9 Å². The van der Waals surface area contributed by atoms with Crippen molar-refractivity contribution in [2.75, 3.05) is 13.1 Å². The molecule has 0 unspecified atom stereocenters. The number of aromatic amines is 2. The molecule has 0 bridgehead atoms. The number of hydrogen-bond acceptors (Lipinski definition) is 2. The molecule has 1 saturated heterocycles.